The fraction of sp³-hybridized carbons (Fsp3) is 0.0833. The maximum absolute atomic E-state index is 13.1. The third-order valence-corrected chi connectivity index (χ3v) is 6.77. The van der Waals surface area contributed by atoms with Gasteiger partial charge in [-0.1, -0.05) is 23.7 Å². The lowest BCUT2D eigenvalue weighted by atomic mass is 10.1. The molecule has 4 aromatic rings. The number of halogens is 2. The van der Waals surface area contributed by atoms with Crippen molar-refractivity contribution >= 4 is 33.2 Å². The second kappa shape index (κ2) is 9.66. The van der Waals surface area contributed by atoms with E-state index in [4.69, 9.17) is 11.6 Å². The first-order chi connectivity index (χ1) is 16.2. The fourth-order valence-corrected chi connectivity index (χ4v) is 4.52. The number of imidazole rings is 1. The van der Waals surface area contributed by atoms with Gasteiger partial charge in [-0.3, -0.25) is 9.52 Å². The fourth-order valence-electron chi connectivity index (χ4n) is 3.34. The van der Waals surface area contributed by atoms with Gasteiger partial charge in [0, 0.05) is 35.7 Å². The molecule has 0 aliphatic rings. The van der Waals surface area contributed by atoms with Crippen LogP contribution in [0.2, 0.25) is 5.02 Å². The lowest BCUT2D eigenvalue weighted by Gasteiger charge is -2.19. The standard InChI is InChI=1S/C24H20ClFN4O3S/c1-30-15-14-27-23(30)22(16-2-6-18(25)7-3-16)28-24(31)17-4-12-21(13-5-17)34(32,33)29-20-10-8-19(26)9-11-20/h2-15,22,29H,1H3,(H,28,31)/t22-/m1/s1. The zero-order chi connectivity index (χ0) is 24.3. The monoisotopic (exact) mass is 498 g/mol. The van der Waals surface area contributed by atoms with Crippen LogP contribution in [-0.4, -0.2) is 23.9 Å². The summed E-state index contributed by atoms with van der Waals surface area (Å²) in [5.41, 5.74) is 1.28. The quantitative estimate of drug-likeness (QED) is 0.391. The van der Waals surface area contributed by atoms with Crippen molar-refractivity contribution in [3.63, 3.8) is 0 Å². The Balaban J connectivity index is 1.54. The van der Waals surface area contributed by atoms with Gasteiger partial charge in [0.1, 0.15) is 17.7 Å². The van der Waals surface area contributed by atoms with Crippen LogP contribution < -0.4 is 10.0 Å². The Hall–Kier alpha value is -3.69. The molecule has 2 N–H and O–H groups in total. The molecule has 1 atom stereocenters. The smallest absolute Gasteiger partial charge is 0.261 e. The van der Waals surface area contributed by atoms with Crippen LogP contribution in [0.15, 0.2) is 90.1 Å². The van der Waals surface area contributed by atoms with Crippen LogP contribution in [0.4, 0.5) is 10.1 Å². The Morgan fingerprint density at radius 2 is 1.65 bits per heavy atom. The number of hydrogen-bond acceptors (Lipinski definition) is 4. The maximum Gasteiger partial charge on any atom is 0.261 e. The number of carbonyl (C=O) groups is 1. The van der Waals surface area contributed by atoms with E-state index in [9.17, 15) is 17.6 Å². The van der Waals surface area contributed by atoms with Crippen LogP contribution in [0.5, 0.6) is 0 Å². The molecule has 0 radical (unpaired) electrons. The maximum atomic E-state index is 13.1. The number of benzene rings is 3. The molecule has 0 saturated carbocycles. The van der Waals surface area contributed by atoms with Crippen molar-refractivity contribution in [1.82, 2.24) is 14.9 Å². The van der Waals surface area contributed by atoms with Gasteiger partial charge < -0.3 is 9.88 Å². The molecule has 174 valence electrons. The highest BCUT2D eigenvalue weighted by Crippen LogP contribution is 2.23. The highest BCUT2D eigenvalue weighted by atomic mass is 35.5. The SMILES string of the molecule is Cn1ccnc1[C@H](NC(=O)c1ccc(S(=O)(=O)Nc2ccc(F)cc2)cc1)c1ccc(Cl)cc1. The van der Waals surface area contributed by atoms with E-state index in [2.05, 4.69) is 15.0 Å². The molecule has 1 heterocycles. The number of hydrogen-bond donors (Lipinski definition) is 2. The summed E-state index contributed by atoms with van der Waals surface area (Å²) < 4.78 is 42.5. The Morgan fingerprint density at radius 3 is 2.24 bits per heavy atom. The molecule has 0 fully saturated rings. The molecule has 4 rings (SSSR count). The predicted molar refractivity (Wildman–Crippen MR) is 128 cm³/mol. The van der Waals surface area contributed by atoms with Crippen molar-refractivity contribution in [2.45, 2.75) is 10.9 Å². The van der Waals surface area contributed by atoms with Crippen LogP contribution in [0.25, 0.3) is 0 Å². The second-order valence-electron chi connectivity index (χ2n) is 7.49. The number of aryl methyl sites for hydroxylation is 1. The van der Waals surface area contributed by atoms with Crippen molar-refractivity contribution in [2.24, 2.45) is 7.05 Å². The van der Waals surface area contributed by atoms with Gasteiger partial charge in [0.25, 0.3) is 15.9 Å². The second-order valence-corrected chi connectivity index (χ2v) is 9.61. The minimum Gasteiger partial charge on any atom is -0.338 e. The molecule has 7 nitrogen and oxygen atoms in total. The summed E-state index contributed by atoms with van der Waals surface area (Å²) in [7, 11) is -2.09. The molecule has 10 heteroatoms. The Morgan fingerprint density at radius 1 is 1.00 bits per heavy atom. The summed E-state index contributed by atoms with van der Waals surface area (Å²) >= 11 is 6.00. The van der Waals surface area contributed by atoms with E-state index < -0.39 is 27.8 Å². The van der Waals surface area contributed by atoms with Crippen molar-refractivity contribution in [3.05, 3.63) is 113 Å². The zero-order valence-electron chi connectivity index (χ0n) is 17.9. The molecule has 1 amide bonds. The molecular weight excluding hydrogens is 479 g/mol. The average molecular weight is 499 g/mol. The lowest BCUT2D eigenvalue weighted by molar-refractivity contribution is 0.0941. The molecule has 0 spiro atoms. The first kappa shape index (κ1) is 23.5. The number of amides is 1. The topological polar surface area (TPSA) is 93.1 Å². The van der Waals surface area contributed by atoms with E-state index in [1.165, 1.54) is 36.4 Å². The van der Waals surface area contributed by atoms with E-state index in [1.54, 1.807) is 41.2 Å². The first-order valence-electron chi connectivity index (χ1n) is 10.1. The highest BCUT2D eigenvalue weighted by Gasteiger charge is 2.22. The number of sulfonamides is 1. The van der Waals surface area contributed by atoms with Crippen molar-refractivity contribution < 1.29 is 17.6 Å². The van der Waals surface area contributed by atoms with Crippen LogP contribution in [0, 0.1) is 5.82 Å². The van der Waals surface area contributed by atoms with Crippen LogP contribution in [0.3, 0.4) is 0 Å². The highest BCUT2D eigenvalue weighted by molar-refractivity contribution is 7.92. The van der Waals surface area contributed by atoms with Gasteiger partial charge in [-0.2, -0.15) is 0 Å². The molecule has 0 unspecified atom stereocenters. The number of nitrogens with zero attached hydrogens (tertiary/aromatic N) is 2. The number of aromatic nitrogens is 2. The van der Waals surface area contributed by atoms with Crippen LogP contribution >= 0.6 is 11.6 Å². The predicted octanol–water partition coefficient (Wildman–Crippen LogP) is 4.53. The van der Waals surface area contributed by atoms with Crippen LogP contribution in [0.1, 0.15) is 27.8 Å². The van der Waals surface area contributed by atoms with Crippen LogP contribution in [-0.2, 0) is 17.1 Å². The number of anilines is 1. The van der Waals surface area contributed by atoms with Gasteiger partial charge in [-0.05, 0) is 66.2 Å². The number of nitrogens with one attached hydrogen (secondary N) is 2. The van der Waals surface area contributed by atoms with E-state index in [0.29, 0.717) is 10.8 Å². The summed E-state index contributed by atoms with van der Waals surface area (Å²) in [6.07, 6.45) is 3.41. The number of rotatable bonds is 7. The van der Waals surface area contributed by atoms with E-state index in [-0.39, 0.29) is 16.1 Å². The Kier molecular flexibility index (Phi) is 6.67. The molecular formula is C24H20ClFN4O3S. The van der Waals surface area contributed by atoms with E-state index in [1.807, 2.05) is 7.05 Å². The Bertz CT molecular complexity index is 1400. The van der Waals surface area contributed by atoms with Gasteiger partial charge in [-0.15, -0.1) is 0 Å². The van der Waals surface area contributed by atoms with Crippen molar-refractivity contribution in [2.75, 3.05) is 4.72 Å². The summed E-state index contributed by atoms with van der Waals surface area (Å²) in [5, 5.41) is 3.52. The molecule has 1 aromatic heterocycles. The minimum atomic E-state index is -3.91. The molecule has 0 aliphatic carbocycles. The molecule has 0 aliphatic heterocycles. The summed E-state index contributed by atoms with van der Waals surface area (Å²) in [6, 6.07) is 17.0. The summed E-state index contributed by atoms with van der Waals surface area (Å²) in [6.45, 7) is 0. The van der Waals surface area contributed by atoms with Gasteiger partial charge in [-0.25, -0.2) is 17.8 Å². The van der Waals surface area contributed by atoms with Crippen molar-refractivity contribution in [1.29, 1.82) is 0 Å². The molecule has 3 aromatic carbocycles. The molecule has 34 heavy (non-hydrogen) atoms. The zero-order valence-corrected chi connectivity index (χ0v) is 19.5. The van der Waals surface area contributed by atoms with Gasteiger partial charge in [0.05, 0.1) is 4.90 Å². The Labute approximate surface area is 201 Å². The molecule has 0 saturated heterocycles. The average Bonchev–Trinajstić information content (AvgIpc) is 3.25. The molecule has 0 bridgehead atoms. The number of carbonyl (C=O) groups excluding carboxylic acids is 1. The van der Waals surface area contributed by atoms with Crippen molar-refractivity contribution in [3.8, 4) is 0 Å². The third kappa shape index (κ3) is 5.27. The summed E-state index contributed by atoms with van der Waals surface area (Å²) in [4.78, 5) is 17.3. The first-order valence-corrected chi connectivity index (χ1v) is 12.0. The van der Waals surface area contributed by atoms with E-state index in [0.717, 1.165) is 17.7 Å². The largest absolute Gasteiger partial charge is 0.338 e. The summed E-state index contributed by atoms with van der Waals surface area (Å²) in [5.74, 6) is -0.252. The third-order valence-electron chi connectivity index (χ3n) is 5.12. The normalized spacial score (nSPS) is 12.2. The van der Waals surface area contributed by atoms with Gasteiger partial charge >= 0.3 is 0 Å². The van der Waals surface area contributed by atoms with Gasteiger partial charge in [0.2, 0.25) is 0 Å². The van der Waals surface area contributed by atoms with E-state index >= 15 is 0 Å². The van der Waals surface area contributed by atoms with Gasteiger partial charge in [0.15, 0.2) is 0 Å². The lowest BCUT2D eigenvalue weighted by Crippen LogP contribution is -2.31. The minimum absolute atomic E-state index is 0.0354.